The van der Waals surface area contributed by atoms with Gasteiger partial charge in [-0.3, -0.25) is 14.9 Å². The zero-order chi connectivity index (χ0) is 8.69. The molecule has 0 radical (unpaired) electrons. The van der Waals surface area contributed by atoms with E-state index in [2.05, 4.69) is 11.2 Å². The minimum Gasteiger partial charge on any atom is -0.296 e. The van der Waals surface area contributed by atoms with Crippen LogP contribution in [0.1, 0.15) is 6.92 Å². The van der Waals surface area contributed by atoms with Crippen molar-refractivity contribution in [2.45, 2.75) is 6.92 Å². The molecule has 0 unspecified atom stereocenters. The van der Waals surface area contributed by atoms with Gasteiger partial charge < -0.3 is 0 Å². The molecule has 0 aliphatic heterocycles. The second kappa shape index (κ2) is 5.81. The lowest BCUT2D eigenvalue weighted by molar-refractivity contribution is -0.127. The van der Waals surface area contributed by atoms with E-state index >= 15 is 0 Å². The van der Waals surface area contributed by atoms with Crippen LogP contribution in [0, 0.1) is 12.3 Å². The normalized spacial score (nSPS) is 8.36. The SMILES string of the molecule is C#CCSCC(=O)NC(C)=O. The number of carbonyl (C=O) groups excluding carboxylic acids is 2. The summed E-state index contributed by atoms with van der Waals surface area (Å²) in [7, 11) is 0. The van der Waals surface area contributed by atoms with Crippen LogP contribution in [0.25, 0.3) is 0 Å². The van der Waals surface area contributed by atoms with E-state index in [-0.39, 0.29) is 17.6 Å². The van der Waals surface area contributed by atoms with E-state index in [0.29, 0.717) is 5.75 Å². The van der Waals surface area contributed by atoms with Crippen molar-refractivity contribution >= 4 is 23.6 Å². The minimum absolute atomic E-state index is 0.240. The lowest BCUT2D eigenvalue weighted by Gasteiger charge is -1.97. The number of hydrogen-bond acceptors (Lipinski definition) is 3. The second-order valence-corrected chi connectivity index (χ2v) is 2.79. The molecule has 0 rings (SSSR count). The Morgan fingerprint density at radius 3 is 2.73 bits per heavy atom. The third-order valence-electron chi connectivity index (χ3n) is 0.734. The average Bonchev–Trinajstić information content (AvgIpc) is 1.86. The standard InChI is InChI=1S/C7H9NO2S/c1-3-4-11-5-7(10)8-6(2)9/h1H,4-5H2,2H3,(H,8,9,10). The van der Waals surface area contributed by atoms with Crippen molar-refractivity contribution in [3.63, 3.8) is 0 Å². The molecule has 0 bridgehead atoms. The fraction of sp³-hybridized carbons (Fsp3) is 0.429. The zero-order valence-corrected chi connectivity index (χ0v) is 7.03. The molecule has 0 aromatic heterocycles. The topological polar surface area (TPSA) is 46.2 Å². The molecular formula is C7H9NO2S. The Morgan fingerprint density at radius 1 is 1.64 bits per heavy atom. The van der Waals surface area contributed by atoms with E-state index in [1.807, 2.05) is 0 Å². The van der Waals surface area contributed by atoms with Gasteiger partial charge in [-0.2, -0.15) is 0 Å². The number of nitrogens with one attached hydrogen (secondary N) is 1. The van der Waals surface area contributed by atoms with Gasteiger partial charge in [0.1, 0.15) is 0 Å². The van der Waals surface area contributed by atoms with Crippen LogP contribution < -0.4 is 5.32 Å². The number of thioether (sulfide) groups is 1. The monoisotopic (exact) mass is 171 g/mol. The maximum Gasteiger partial charge on any atom is 0.236 e. The molecule has 0 aliphatic carbocycles. The molecule has 0 saturated heterocycles. The maximum atomic E-state index is 10.7. The Morgan fingerprint density at radius 2 is 2.27 bits per heavy atom. The summed E-state index contributed by atoms with van der Waals surface area (Å²) in [6.45, 7) is 1.30. The van der Waals surface area contributed by atoms with Crippen molar-refractivity contribution in [3.05, 3.63) is 0 Å². The number of hydrogen-bond donors (Lipinski definition) is 1. The molecule has 0 heterocycles. The van der Waals surface area contributed by atoms with E-state index in [1.54, 1.807) is 0 Å². The Bertz CT molecular complexity index is 195. The van der Waals surface area contributed by atoms with Crippen LogP contribution in [-0.4, -0.2) is 23.3 Å². The zero-order valence-electron chi connectivity index (χ0n) is 6.22. The van der Waals surface area contributed by atoms with Gasteiger partial charge in [0.2, 0.25) is 11.8 Å². The fourth-order valence-electron chi connectivity index (χ4n) is 0.435. The highest BCUT2D eigenvalue weighted by atomic mass is 32.2. The van der Waals surface area contributed by atoms with Crippen molar-refractivity contribution in [2.75, 3.05) is 11.5 Å². The summed E-state index contributed by atoms with van der Waals surface area (Å²) in [4.78, 5) is 21.0. The third-order valence-corrected chi connectivity index (χ3v) is 1.57. The van der Waals surface area contributed by atoms with Crippen molar-refractivity contribution in [2.24, 2.45) is 0 Å². The lowest BCUT2D eigenvalue weighted by Crippen LogP contribution is -2.29. The molecule has 2 amide bonds. The quantitative estimate of drug-likeness (QED) is 0.481. The molecule has 11 heavy (non-hydrogen) atoms. The average molecular weight is 171 g/mol. The van der Waals surface area contributed by atoms with E-state index < -0.39 is 0 Å². The molecule has 0 aliphatic rings. The highest BCUT2D eigenvalue weighted by Gasteiger charge is 2.01. The summed E-state index contributed by atoms with van der Waals surface area (Å²) in [5, 5.41) is 2.13. The molecule has 0 aromatic carbocycles. The van der Waals surface area contributed by atoms with Gasteiger partial charge in [-0.1, -0.05) is 5.92 Å². The molecule has 0 saturated carbocycles. The van der Waals surface area contributed by atoms with E-state index in [4.69, 9.17) is 6.42 Å². The predicted molar refractivity (Wildman–Crippen MR) is 45.0 cm³/mol. The number of terminal acetylenes is 1. The second-order valence-electron chi connectivity index (χ2n) is 1.80. The van der Waals surface area contributed by atoms with Crippen molar-refractivity contribution in [1.82, 2.24) is 5.32 Å². The van der Waals surface area contributed by atoms with Gasteiger partial charge >= 0.3 is 0 Å². The Balaban J connectivity index is 3.39. The molecule has 3 nitrogen and oxygen atoms in total. The van der Waals surface area contributed by atoms with Crippen LogP contribution in [0.4, 0.5) is 0 Å². The summed E-state index contributed by atoms with van der Waals surface area (Å²) < 4.78 is 0. The molecule has 4 heteroatoms. The lowest BCUT2D eigenvalue weighted by atomic mass is 10.6. The number of imide groups is 1. The van der Waals surface area contributed by atoms with E-state index in [1.165, 1.54) is 18.7 Å². The summed E-state index contributed by atoms with van der Waals surface area (Å²) in [6, 6.07) is 0. The van der Waals surface area contributed by atoms with Gasteiger partial charge in [0.15, 0.2) is 0 Å². The highest BCUT2D eigenvalue weighted by molar-refractivity contribution is 8.00. The van der Waals surface area contributed by atoms with Crippen LogP contribution in [0.15, 0.2) is 0 Å². The molecule has 0 aromatic rings. The smallest absolute Gasteiger partial charge is 0.236 e. The first-order valence-corrected chi connectivity index (χ1v) is 4.14. The number of rotatable bonds is 3. The molecule has 0 atom stereocenters. The number of carbonyl (C=O) groups is 2. The largest absolute Gasteiger partial charge is 0.296 e. The van der Waals surface area contributed by atoms with Gasteiger partial charge in [0, 0.05) is 6.92 Å². The van der Waals surface area contributed by atoms with Gasteiger partial charge in [-0.05, 0) is 0 Å². The van der Waals surface area contributed by atoms with Gasteiger partial charge in [-0.15, -0.1) is 18.2 Å². The summed E-state index contributed by atoms with van der Waals surface area (Å²) in [5.74, 6) is 2.48. The first-order valence-electron chi connectivity index (χ1n) is 2.98. The maximum absolute atomic E-state index is 10.7. The highest BCUT2D eigenvalue weighted by Crippen LogP contribution is 1.96. The Hall–Kier alpha value is -0.950. The van der Waals surface area contributed by atoms with E-state index in [9.17, 15) is 9.59 Å². The predicted octanol–water partition coefficient (Wildman–Crippen LogP) is 0.0155. The Kier molecular flexibility index (Phi) is 5.30. The molecule has 1 N–H and O–H groups in total. The van der Waals surface area contributed by atoms with Crippen molar-refractivity contribution < 1.29 is 9.59 Å². The summed E-state index contributed by atoms with van der Waals surface area (Å²) in [6.07, 6.45) is 4.95. The van der Waals surface area contributed by atoms with Gasteiger partial charge in [-0.25, -0.2) is 0 Å². The van der Waals surface area contributed by atoms with Crippen LogP contribution in [0.5, 0.6) is 0 Å². The molecular weight excluding hydrogens is 162 g/mol. The fourth-order valence-corrected chi connectivity index (χ4v) is 0.913. The van der Waals surface area contributed by atoms with Crippen LogP contribution in [0.2, 0.25) is 0 Å². The molecule has 60 valence electrons. The third kappa shape index (κ3) is 6.94. The number of amides is 2. The van der Waals surface area contributed by atoms with Gasteiger partial charge in [0.05, 0.1) is 11.5 Å². The summed E-state index contributed by atoms with van der Waals surface area (Å²) >= 11 is 1.30. The first kappa shape index (κ1) is 10.0. The minimum atomic E-state index is -0.337. The van der Waals surface area contributed by atoms with Crippen molar-refractivity contribution in [1.29, 1.82) is 0 Å². The molecule has 0 spiro atoms. The Labute approximate surface area is 69.9 Å². The van der Waals surface area contributed by atoms with Crippen LogP contribution >= 0.6 is 11.8 Å². The van der Waals surface area contributed by atoms with E-state index in [0.717, 1.165) is 0 Å². The molecule has 0 fully saturated rings. The van der Waals surface area contributed by atoms with Crippen molar-refractivity contribution in [3.8, 4) is 12.3 Å². The van der Waals surface area contributed by atoms with Gasteiger partial charge in [0.25, 0.3) is 0 Å². The van der Waals surface area contributed by atoms with Crippen LogP contribution in [0.3, 0.4) is 0 Å². The summed E-state index contributed by atoms with van der Waals surface area (Å²) in [5.41, 5.74) is 0. The van der Waals surface area contributed by atoms with Crippen LogP contribution in [-0.2, 0) is 9.59 Å². The first-order chi connectivity index (χ1) is 5.16.